The molecule has 0 bridgehead atoms. The van der Waals surface area contributed by atoms with Gasteiger partial charge in [0.25, 0.3) is 0 Å². The van der Waals surface area contributed by atoms with Crippen LogP contribution in [0.5, 0.6) is 5.75 Å². The summed E-state index contributed by atoms with van der Waals surface area (Å²) in [5, 5.41) is 15.8. The van der Waals surface area contributed by atoms with Crippen LogP contribution in [0.1, 0.15) is 39.4 Å². The molecule has 2 N–H and O–H groups in total. The molecule has 37 heavy (non-hydrogen) atoms. The lowest BCUT2D eigenvalue weighted by molar-refractivity contribution is 0.0106. The van der Waals surface area contributed by atoms with Crippen LogP contribution in [0.3, 0.4) is 0 Å². The summed E-state index contributed by atoms with van der Waals surface area (Å²) in [5.41, 5.74) is 3.33. The number of nitrogens with one attached hydrogen (secondary N) is 1. The molecule has 4 aromatic carbocycles. The SMILES string of the molecule is O=C(O)c1ccc(Cl)cc1CCOc1ccc(C2CCNCC2OCc2ccc3ccccc3c2)cc1. The third kappa shape index (κ3) is 6.31. The summed E-state index contributed by atoms with van der Waals surface area (Å²) >= 11 is 6.05. The second-order valence-electron chi connectivity index (χ2n) is 9.40. The maximum Gasteiger partial charge on any atom is 0.335 e. The van der Waals surface area contributed by atoms with Crippen LogP contribution in [0.4, 0.5) is 0 Å². The maximum absolute atomic E-state index is 11.5. The van der Waals surface area contributed by atoms with Crippen LogP contribution >= 0.6 is 11.6 Å². The molecule has 1 aliphatic heterocycles. The molecule has 1 saturated heterocycles. The Kier molecular flexibility index (Phi) is 8.05. The van der Waals surface area contributed by atoms with E-state index in [0.717, 1.165) is 25.3 Å². The highest BCUT2D eigenvalue weighted by atomic mass is 35.5. The Morgan fingerprint density at radius 1 is 0.973 bits per heavy atom. The molecule has 2 atom stereocenters. The van der Waals surface area contributed by atoms with Crippen molar-refractivity contribution < 1.29 is 19.4 Å². The number of carboxylic acids is 1. The van der Waals surface area contributed by atoms with E-state index in [2.05, 4.69) is 59.9 Å². The van der Waals surface area contributed by atoms with E-state index in [4.69, 9.17) is 21.1 Å². The number of carboxylic acid groups (broad SMARTS) is 1. The number of benzene rings is 4. The summed E-state index contributed by atoms with van der Waals surface area (Å²) < 4.78 is 12.3. The summed E-state index contributed by atoms with van der Waals surface area (Å²) in [5.74, 6) is 0.0981. The standard InChI is InChI=1S/C31H30ClNO4/c32-26-9-12-29(31(34)35)25(18-26)14-16-36-27-10-7-23(8-11-27)28-13-15-33-19-30(28)37-20-21-5-6-22-3-1-2-4-24(22)17-21/h1-12,17-18,28,30,33H,13-16,19-20H2,(H,34,35). The van der Waals surface area contributed by atoms with Crippen molar-refractivity contribution in [3.05, 3.63) is 112 Å². The minimum Gasteiger partial charge on any atom is -0.493 e. The van der Waals surface area contributed by atoms with Gasteiger partial charge in [0.05, 0.1) is 24.9 Å². The van der Waals surface area contributed by atoms with Crippen molar-refractivity contribution in [2.45, 2.75) is 31.5 Å². The quantitative estimate of drug-likeness (QED) is 0.267. The number of ether oxygens (including phenoxy) is 2. The lowest BCUT2D eigenvalue weighted by Gasteiger charge is -2.32. The second kappa shape index (κ2) is 11.8. The van der Waals surface area contributed by atoms with Crippen molar-refractivity contribution in [1.82, 2.24) is 5.32 Å². The number of rotatable bonds is 9. The van der Waals surface area contributed by atoms with Gasteiger partial charge in [0.1, 0.15) is 5.75 Å². The molecule has 1 fully saturated rings. The van der Waals surface area contributed by atoms with Crippen LogP contribution in [0, 0.1) is 0 Å². The predicted molar refractivity (Wildman–Crippen MR) is 147 cm³/mol. The largest absolute Gasteiger partial charge is 0.493 e. The highest BCUT2D eigenvalue weighted by Gasteiger charge is 2.27. The molecule has 0 aliphatic carbocycles. The molecule has 1 heterocycles. The lowest BCUT2D eigenvalue weighted by atomic mass is 9.87. The minimum atomic E-state index is -0.963. The average molecular weight is 516 g/mol. The van der Waals surface area contributed by atoms with Gasteiger partial charge in [0.2, 0.25) is 0 Å². The summed E-state index contributed by atoms with van der Waals surface area (Å²) in [6.45, 7) is 2.73. The van der Waals surface area contributed by atoms with Gasteiger partial charge in [-0.2, -0.15) is 0 Å². The molecule has 4 aromatic rings. The average Bonchev–Trinajstić information content (AvgIpc) is 2.92. The zero-order valence-electron chi connectivity index (χ0n) is 20.5. The van der Waals surface area contributed by atoms with Crippen LogP contribution in [0.2, 0.25) is 5.02 Å². The first kappa shape index (κ1) is 25.3. The molecular weight excluding hydrogens is 486 g/mol. The summed E-state index contributed by atoms with van der Waals surface area (Å²) in [6, 6.07) is 27.9. The molecule has 5 nitrogen and oxygen atoms in total. The van der Waals surface area contributed by atoms with Crippen molar-refractivity contribution in [2.75, 3.05) is 19.7 Å². The molecular formula is C31H30ClNO4. The first-order valence-corrected chi connectivity index (χ1v) is 13.0. The van der Waals surface area contributed by atoms with Gasteiger partial charge >= 0.3 is 5.97 Å². The number of carbonyl (C=O) groups is 1. The Morgan fingerprint density at radius 2 is 1.78 bits per heavy atom. The molecule has 6 heteroatoms. The van der Waals surface area contributed by atoms with Crippen molar-refractivity contribution >= 4 is 28.3 Å². The number of halogens is 1. The van der Waals surface area contributed by atoms with Crippen LogP contribution in [0.25, 0.3) is 10.8 Å². The highest BCUT2D eigenvalue weighted by molar-refractivity contribution is 6.30. The minimum absolute atomic E-state index is 0.0873. The van der Waals surface area contributed by atoms with E-state index in [1.54, 1.807) is 12.1 Å². The van der Waals surface area contributed by atoms with E-state index in [9.17, 15) is 9.90 Å². The molecule has 1 aliphatic rings. The van der Waals surface area contributed by atoms with E-state index in [-0.39, 0.29) is 11.7 Å². The molecule has 0 amide bonds. The Balaban J connectivity index is 1.19. The molecule has 0 spiro atoms. The van der Waals surface area contributed by atoms with E-state index < -0.39 is 5.97 Å². The molecule has 0 radical (unpaired) electrons. The fourth-order valence-corrected chi connectivity index (χ4v) is 5.18. The zero-order chi connectivity index (χ0) is 25.6. The first-order chi connectivity index (χ1) is 18.1. The number of hydrogen-bond acceptors (Lipinski definition) is 4. The number of hydrogen-bond donors (Lipinski definition) is 2. The Bertz CT molecular complexity index is 1370. The lowest BCUT2D eigenvalue weighted by Crippen LogP contribution is -2.40. The monoisotopic (exact) mass is 515 g/mol. The van der Waals surface area contributed by atoms with Gasteiger partial charge in [-0.15, -0.1) is 0 Å². The third-order valence-electron chi connectivity index (χ3n) is 6.95. The first-order valence-electron chi connectivity index (χ1n) is 12.6. The molecule has 0 aromatic heterocycles. The van der Waals surface area contributed by atoms with E-state index in [1.165, 1.54) is 28.0 Å². The van der Waals surface area contributed by atoms with Gasteiger partial charge in [-0.25, -0.2) is 4.79 Å². The normalized spacial score (nSPS) is 17.5. The van der Waals surface area contributed by atoms with E-state index in [1.807, 2.05) is 12.1 Å². The van der Waals surface area contributed by atoms with Gasteiger partial charge in [0.15, 0.2) is 0 Å². The third-order valence-corrected chi connectivity index (χ3v) is 7.19. The van der Waals surface area contributed by atoms with Crippen molar-refractivity contribution in [3.8, 4) is 5.75 Å². The number of piperidine rings is 1. The predicted octanol–water partition coefficient (Wildman–Crippen LogP) is 6.48. The molecule has 0 saturated carbocycles. The van der Waals surface area contributed by atoms with Crippen LogP contribution in [-0.2, 0) is 17.8 Å². The molecule has 2 unspecified atom stereocenters. The maximum atomic E-state index is 11.5. The highest BCUT2D eigenvalue weighted by Crippen LogP contribution is 2.30. The van der Waals surface area contributed by atoms with Gasteiger partial charge in [0, 0.05) is 23.9 Å². The Labute approximate surface area is 222 Å². The van der Waals surface area contributed by atoms with Gasteiger partial charge in [-0.05, 0) is 76.8 Å². The van der Waals surface area contributed by atoms with Gasteiger partial charge in [-0.1, -0.05) is 60.1 Å². The number of fused-ring (bicyclic) bond motifs is 1. The molecule has 190 valence electrons. The fraction of sp³-hybridized carbons (Fsp3) is 0.258. The molecule has 5 rings (SSSR count). The smallest absolute Gasteiger partial charge is 0.335 e. The van der Waals surface area contributed by atoms with Crippen molar-refractivity contribution in [3.63, 3.8) is 0 Å². The van der Waals surface area contributed by atoms with Gasteiger partial charge in [-0.3, -0.25) is 0 Å². The van der Waals surface area contributed by atoms with E-state index in [0.29, 0.717) is 36.1 Å². The van der Waals surface area contributed by atoms with E-state index >= 15 is 0 Å². The summed E-state index contributed by atoms with van der Waals surface area (Å²) in [4.78, 5) is 11.5. The Hall–Kier alpha value is -3.38. The van der Waals surface area contributed by atoms with Crippen LogP contribution < -0.4 is 10.1 Å². The van der Waals surface area contributed by atoms with Gasteiger partial charge < -0.3 is 19.9 Å². The fourth-order valence-electron chi connectivity index (χ4n) is 4.99. The Morgan fingerprint density at radius 3 is 2.59 bits per heavy atom. The van der Waals surface area contributed by atoms with Crippen LogP contribution in [0.15, 0.2) is 84.9 Å². The summed E-state index contributed by atoms with van der Waals surface area (Å²) in [7, 11) is 0. The second-order valence-corrected chi connectivity index (χ2v) is 9.84. The van der Waals surface area contributed by atoms with Crippen molar-refractivity contribution in [2.24, 2.45) is 0 Å². The summed E-state index contributed by atoms with van der Waals surface area (Å²) in [6.07, 6.45) is 1.56. The van der Waals surface area contributed by atoms with Crippen molar-refractivity contribution in [1.29, 1.82) is 0 Å². The van der Waals surface area contributed by atoms with Crippen LogP contribution in [-0.4, -0.2) is 36.9 Å². The zero-order valence-corrected chi connectivity index (χ0v) is 21.3. The number of aromatic carboxylic acids is 1. The topological polar surface area (TPSA) is 67.8 Å².